The van der Waals surface area contributed by atoms with Gasteiger partial charge in [-0.3, -0.25) is 4.98 Å². The van der Waals surface area contributed by atoms with Gasteiger partial charge in [-0.05, 0) is 33.3 Å². The molecule has 1 aromatic rings. The molecule has 3 heterocycles. The van der Waals surface area contributed by atoms with Gasteiger partial charge in [0.05, 0.1) is 16.2 Å². The number of hydrogen-bond donors (Lipinski definition) is 0. The number of pyridine rings is 1. The van der Waals surface area contributed by atoms with Crippen LogP contribution in [0.5, 0.6) is 0 Å². The molecule has 0 N–H and O–H groups in total. The Labute approximate surface area is 150 Å². The number of ether oxygens (including phenoxy) is 2. The van der Waals surface area contributed by atoms with E-state index in [9.17, 15) is 4.79 Å². The second-order valence-corrected chi connectivity index (χ2v) is 8.85. The first-order valence-corrected chi connectivity index (χ1v) is 9.18. The van der Waals surface area contributed by atoms with E-state index in [0.29, 0.717) is 19.7 Å². The van der Waals surface area contributed by atoms with Crippen LogP contribution in [0.3, 0.4) is 0 Å². The summed E-state index contributed by atoms with van der Waals surface area (Å²) in [5.74, 6) is 0. The van der Waals surface area contributed by atoms with Crippen LogP contribution >= 0.6 is 22.6 Å². The molecule has 2 aliphatic heterocycles. The van der Waals surface area contributed by atoms with Crippen molar-refractivity contribution in [1.82, 2.24) is 9.88 Å². The first-order chi connectivity index (χ1) is 10.7. The molecule has 23 heavy (non-hydrogen) atoms. The minimum Gasteiger partial charge on any atom is -0.444 e. The SMILES string of the molecule is Cc1cnc2c(c1)COC21CCN(C(=O)OC(C)(C)C)CC1I. The summed E-state index contributed by atoms with van der Waals surface area (Å²) in [6.07, 6.45) is 2.41. The topological polar surface area (TPSA) is 51.7 Å². The Kier molecular flexibility index (Phi) is 4.33. The third kappa shape index (κ3) is 3.20. The maximum atomic E-state index is 12.3. The van der Waals surface area contributed by atoms with E-state index in [1.807, 2.05) is 33.9 Å². The van der Waals surface area contributed by atoms with Crippen molar-refractivity contribution in [2.45, 2.75) is 55.8 Å². The van der Waals surface area contributed by atoms with Gasteiger partial charge in [0.15, 0.2) is 0 Å². The lowest BCUT2D eigenvalue weighted by atomic mass is 9.87. The Balaban J connectivity index is 1.77. The Morgan fingerprint density at radius 2 is 2.26 bits per heavy atom. The van der Waals surface area contributed by atoms with Crippen LogP contribution in [0.2, 0.25) is 0 Å². The van der Waals surface area contributed by atoms with Crippen LogP contribution in [-0.4, -0.2) is 38.6 Å². The number of amides is 1. The summed E-state index contributed by atoms with van der Waals surface area (Å²) >= 11 is 2.39. The zero-order chi connectivity index (χ0) is 16.8. The van der Waals surface area contributed by atoms with Gasteiger partial charge in [-0.25, -0.2) is 4.79 Å². The van der Waals surface area contributed by atoms with Crippen molar-refractivity contribution in [2.75, 3.05) is 13.1 Å². The van der Waals surface area contributed by atoms with Gasteiger partial charge in [-0.15, -0.1) is 0 Å². The average molecular weight is 430 g/mol. The van der Waals surface area contributed by atoms with Crippen LogP contribution in [0.1, 0.15) is 44.0 Å². The van der Waals surface area contributed by atoms with Gasteiger partial charge in [0, 0.05) is 31.3 Å². The molecule has 2 aliphatic rings. The third-order valence-electron chi connectivity index (χ3n) is 4.28. The van der Waals surface area contributed by atoms with Crippen molar-refractivity contribution in [3.63, 3.8) is 0 Å². The first kappa shape index (κ1) is 17.0. The van der Waals surface area contributed by atoms with Crippen LogP contribution < -0.4 is 0 Å². The smallest absolute Gasteiger partial charge is 0.410 e. The molecule has 3 rings (SSSR count). The van der Waals surface area contributed by atoms with Gasteiger partial charge >= 0.3 is 6.09 Å². The number of nitrogens with zero attached hydrogens (tertiary/aromatic N) is 2. The maximum Gasteiger partial charge on any atom is 0.410 e. The summed E-state index contributed by atoms with van der Waals surface area (Å²) in [6.45, 7) is 9.57. The van der Waals surface area contributed by atoms with Crippen LogP contribution in [0.25, 0.3) is 0 Å². The number of fused-ring (bicyclic) bond motifs is 2. The molecule has 5 nitrogen and oxygen atoms in total. The molecule has 6 heteroatoms. The van der Waals surface area contributed by atoms with Gasteiger partial charge in [0.25, 0.3) is 0 Å². The molecule has 2 unspecified atom stereocenters. The first-order valence-electron chi connectivity index (χ1n) is 7.93. The molecule has 1 spiro atoms. The number of halogens is 1. The second kappa shape index (κ2) is 5.88. The number of alkyl halides is 1. The maximum absolute atomic E-state index is 12.3. The van der Waals surface area contributed by atoms with Crippen LogP contribution in [0, 0.1) is 6.92 Å². The minimum atomic E-state index is -0.470. The monoisotopic (exact) mass is 430 g/mol. The van der Waals surface area contributed by atoms with Gasteiger partial charge in [-0.2, -0.15) is 0 Å². The lowest BCUT2D eigenvalue weighted by Crippen LogP contribution is -2.53. The van der Waals surface area contributed by atoms with E-state index in [4.69, 9.17) is 9.47 Å². The van der Waals surface area contributed by atoms with Crippen molar-refractivity contribution in [3.05, 3.63) is 29.1 Å². The van der Waals surface area contributed by atoms with E-state index in [-0.39, 0.29) is 15.6 Å². The van der Waals surface area contributed by atoms with Crippen molar-refractivity contribution < 1.29 is 14.3 Å². The molecule has 126 valence electrons. The number of aromatic nitrogens is 1. The molecule has 0 bridgehead atoms. The number of carbonyl (C=O) groups excluding carboxylic acids is 1. The highest BCUT2D eigenvalue weighted by Gasteiger charge is 2.51. The van der Waals surface area contributed by atoms with Gasteiger partial charge in [0.1, 0.15) is 11.2 Å². The Bertz CT molecular complexity index is 629. The number of rotatable bonds is 0. The second-order valence-electron chi connectivity index (χ2n) is 7.34. The van der Waals surface area contributed by atoms with E-state index in [0.717, 1.165) is 17.7 Å². The molecule has 1 saturated heterocycles. The Morgan fingerprint density at radius 1 is 1.52 bits per heavy atom. The fourth-order valence-electron chi connectivity index (χ4n) is 3.21. The molecule has 1 fully saturated rings. The number of carbonyl (C=O) groups is 1. The van der Waals surface area contributed by atoms with E-state index < -0.39 is 5.60 Å². The standard InChI is InChI=1S/C17H23IN2O3/c1-11-7-12-10-22-17(14(12)19-8-11)5-6-20(9-13(17)18)15(21)23-16(2,3)4/h7-8,13H,5-6,9-10H2,1-4H3. The van der Waals surface area contributed by atoms with Crippen LogP contribution in [-0.2, 0) is 21.7 Å². The number of hydrogen-bond acceptors (Lipinski definition) is 4. The fraction of sp³-hybridized carbons (Fsp3) is 0.647. The molecule has 0 aliphatic carbocycles. The van der Waals surface area contributed by atoms with Gasteiger partial charge in [0.2, 0.25) is 0 Å². The number of likely N-dealkylation sites (tertiary alicyclic amines) is 1. The van der Waals surface area contributed by atoms with Crippen molar-refractivity contribution in [1.29, 1.82) is 0 Å². The van der Waals surface area contributed by atoms with E-state index in [1.165, 1.54) is 5.56 Å². The summed E-state index contributed by atoms with van der Waals surface area (Å²) in [5, 5.41) is 0. The summed E-state index contributed by atoms with van der Waals surface area (Å²) in [7, 11) is 0. The number of aryl methyl sites for hydroxylation is 1. The lowest BCUT2D eigenvalue weighted by Gasteiger charge is -2.42. The van der Waals surface area contributed by atoms with E-state index in [1.54, 1.807) is 4.90 Å². The Morgan fingerprint density at radius 3 is 2.91 bits per heavy atom. The van der Waals surface area contributed by atoms with Crippen molar-refractivity contribution in [3.8, 4) is 0 Å². The summed E-state index contributed by atoms with van der Waals surface area (Å²) in [6, 6.07) is 2.15. The van der Waals surface area contributed by atoms with E-state index in [2.05, 4.69) is 33.6 Å². The highest BCUT2D eigenvalue weighted by atomic mass is 127. The van der Waals surface area contributed by atoms with Crippen LogP contribution in [0.4, 0.5) is 4.79 Å². The Hall–Kier alpha value is -0.890. The summed E-state index contributed by atoms with van der Waals surface area (Å²) in [5.41, 5.74) is 2.54. The molecular formula is C17H23IN2O3. The predicted octanol–water partition coefficient (Wildman–Crippen LogP) is 3.56. The van der Waals surface area contributed by atoms with Crippen LogP contribution in [0.15, 0.2) is 12.3 Å². The highest BCUT2D eigenvalue weighted by Crippen LogP contribution is 2.46. The fourth-order valence-corrected chi connectivity index (χ4v) is 4.47. The van der Waals surface area contributed by atoms with Gasteiger partial charge < -0.3 is 14.4 Å². The molecule has 0 saturated carbocycles. The largest absolute Gasteiger partial charge is 0.444 e. The predicted molar refractivity (Wildman–Crippen MR) is 95.7 cm³/mol. The van der Waals surface area contributed by atoms with Gasteiger partial charge in [-0.1, -0.05) is 28.7 Å². The molecule has 1 amide bonds. The molecule has 0 radical (unpaired) electrons. The van der Waals surface area contributed by atoms with E-state index >= 15 is 0 Å². The van der Waals surface area contributed by atoms with Crippen molar-refractivity contribution >= 4 is 28.7 Å². The highest BCUT2D eigenvalue weighted by molar-refractivity contribution is 14.1. The zero-order valence-electron chi connectivity index (χ0n) is 14.1. The third-order valence-corrected chi connectivity index (χ3v) is 5.68. The normalized spacial score (nSPS) is 27.2. The summed E-state index contributed by atoms with van der Waals surface area (Å²) in [4.78, 5) is 18.7. The molecule has 2 atom stereocenters. The average Bonchev–Trinajstić information content (AvgIpc) is 2.79. The quantitative estimate of drug-likeness (QED) is 0.467. The zero-order valence-corrected chi connectivity index (χ0v) is 16.2. The molecular weight excluding hydrogens is 407 g/mol. The van der Waals surface area contributed by atoms with Crippen molar-refractivity contribution in [2.24, 2.45) is 0 Å². The molecule has 0 aromatic carbocycles. The molecule has 1 aromatic heterocycles. The lowest BCUT2D eigenvalue weighted by molar-refractivity contribution is -0.0729. The summed E-state index contributed by atoms with van der Waals surface area (Å²) < 4.78 is 11.8. The number of piperidine rings is 1. The minimum absolute atomic E-state index is 0.151.